The van der Waals surface area contributed by atoms with Crippen molar-refractivity contribution in [1.29, 1.82) is 0 Å². The lowest BCUT2D eigenvalue weighted by Gasteiger charge is -2.24. The summed E-state index contributed by atoms with van der Waals surface area (Å²) in [6, 6.07) is 4.80. The van der Waals surface area contributed by atoms with Gasteiger partial charge in [-0.25, -0.2) is 0 Å². The number of anilines is 1. The van der Waals surface area contributed by atoms with Crippen molar-refractivity contribution >= 4 is 33.4 Å². The first kappa shape index (κ1) is 14.2. The Kier molecular flexibility index (Phi) is 4.98. The van der Waals surface area contributed by atoms with Gasteiger partial charge in [0.05, 0.1) is 0 Å². The van der Waals surface area contributed by atoms with Gasteiger partial charge in [0.15, 0.2) is 0 Å². The molecule has 0 saturated carbocycles. The average molecular weight is 329 g/mol. The third-order valence-corrected chi connectivity index (χ3v) is 6.02. The summed E-state index contributed by atoms with van der Waals surface area (Å²) in [5, 5.41) is 3.62. The van der Waals surface area contributed by atoms with Crippen LogP contribution in [0.3, 0.4) is 0 Å². The second-order valence-electron chi connectivity index (χ2n) is 5.03. The molecule has 1 fully saturated rings. The Bertz CT molecular complexity index is 393. The Balaban J connectivity index is 2.11. The fourth-order valence-corrected chi connectivity index (χ4v) is 4.05. The van der Waals surface area contributed by atoms with Crippen molar-refractivity contribution in [1.82, 2.24) is 0 Å². The second-order valence-corrected chi connectivity index (χ2v) is 6.98. The summed E-state index contributed by atoms with van der Waals surface area (Å²) in [4.78, 5) is 0. The lowest BCUT2D eigenvalue weighted by atomic mass is 9.98. The molecule has 1 aromatic carbocycles. The van der Waals surface area contributed by atoms with Gasteiger partial charge in [0.2, 0.25) is 0 Å². The molecule has 18 heavy (non-hydrogen) atoms. The molecular weight excluding hydrogens is 308 g/mol. The lowest BCUT2D eigenvalue weighted by Crippen LogP contribution is -2.36. The highest BCUT2D eigenvalue weighted by atomic mass is 79.9. The van der Waals surface area contributed by atoms with E-state index >= 15 is 0 Å². The Morgan fingerprint density at radius 2 is 2.11 bits per heavy atom. The Labute approximate surface area is 122 Å². The molecule has 1 heterocycles. The average Bonchev–Trinajstić information content (AvgIpc) is 2.86. The van der Waals surface area contributed by atoms with Gasteiger partial charge in [-0.1, -0.05) is 15.9 Å². The summed E-state index contributed by atoms with van der Waals surface area (Å²) < 4.78 is 1.20. The van der Waals surface area contributed by atoms with Crippen molar-refractivity contribution in [2.45, 2.75) is 26.3 Å². The van der Waals surface area contributed by atoms with Gasteiger partial charge in [-0.05, 0) is 61.0 Å². The summed E-state index contributed by atoms with van der Waals surface area (Å²) in [6.07, 6.45) is 1.29. The first-order valence-electron chi connectivity index (χ1n) is 6.43. The van der Waals surface area contributed by atoms with Crippen LogP contribution in [0.25, 0.3) is 0 Å². The van der Waals surface area contributed by atoms with Gasteiger partial charge >= 0.3 is 0 Å². The standard InChI is InChI=1S/C14H21BrN2S/c1-9-5-12(6-10(2)14(9)15)17-13(7-16)11-3-4-18-8-11/h5-6,11,13,17H,3-4,7-8,16H2,1-2H3. The van der Waals surface area contributed by atoms with E-state index in [9.17, 15) is 0 Å². The second kappa shape index (κ2) is 6.31. The first-order valence-corrected chi connectivity index (χ1v) is 8.37. The Morgan fingerprint density at radius 3 is 2.61 bits per heavy atom. The molecule has 2 atom stereocenters. The molecule has 1 aromatic rings. The molecule has 1 saturated heterocycles. The first-order chi connectivity index (χ1) is 8.61. The van der Waals surface area contributed by atoms with Crippen LogP contribution in [0.5, 0.6) is 0 Å². The molecule has 2 nitrogen and oxygen atoms in total. The molecule has 0 bridgehead atoms. The number of halogens is 1. The third-order valence-electron chi connectivity index (χ3n) is 3.58. The molecule has 1 aliphatic rings. The van der Waals surface area contributed by atoms with Crippen LogP contribution >= 0.6 is 27.7 Å². The maximum atomic E-state index is 5.93. The van der Waals surface area contributed by atoms with Gasteiger partial charge in [-0.2, -0.15) is 11.8 Å². The van der Waals surface area contributed by atoms with E-state index in [4.69, 9.17) is 5.73 Å². The van der Waals surface area contributed by atoms with Gasteiger partial charge < -0.3 is 11.1 Å². The maximum Gasteiger partial charge on any atom is 0.0420 e. The number of aryl methyl sites for hydroxylation is 2. The van der Waals surface area contributed by atoms with Crippen molar-refractivity contribution < 1.29 is 0 Å². The molecule has 3 N–H and O–H groups in total. The van der Waals surface area contributed by atoms with Gasteiger partial charge in [-0.3, -0.25) is 0 Å². The molecule has 0 amide bonds. The van der Waals surface area contributed by atoms with Gasteiger partial charge in [0, 0.05) is 22.7 Å². The van der Waals surface area contributed by atoms with Crippen LogP contribution in [0.4, 0.5) is 5.69 Å². The quantitative estimate of drug-likeness (QED) is 0.887. The molecule has 0 radical (unpaired) electrons. The van der Waals surface area contributed by atoms with E-state index in [2.05, 4.69) is 47.2 Å². The van der Waals surface area contributed by atoms with Crippen LogP contribution < -0.4 is 11.1 Å². The minimum atomic E-state index is 0.403. The highest BCUT2D eigenvalue weighted by molar-refractivity contribution is 9.10. The van der Waals surface area contributed by atoms with Crippen LogP contribution in [0.15, 0.2) is 16.6 Å². The van der Waals surface area contributed by atoms with Gasteiger partial charge in [0.1, 0.15) is 0 Å². The number of benzene rings is 1. The molecule has 4 heteroatoms. The van der Waals surface area contributed by atoms with Crippen LogP contribution in [-0.2, 0) is 0 Å². The van der Waals surface area contributed by atoms with Gasteiger partial charge in [0.25, 0.3) is 0 Å². The SMILES string of the molecule is Cc1cc(NC(CN)C2CCSC2)cc(C)c1Br. The molecule has 0 aliphatic carbocycles. The zero-order chi connectivity index (χ0) is 13.1. The highest BCUT2D eigenvalue weighted by Gasteiger charge is 2.24. The predicted octanol–water partition coefficient (Wildman–Crippen LogP) is 3.56. The van der Waals surface area contributed by atoms with E-state index in [1.807, 2.05) is 11.8 Å². The van der Waals surface area contributed by atoms with Crippen LogP contribution in [-0.4, -0.2) is 24.1 Å². The summed E-state index contributed by atoms with van der Waals surface area (Å²) in [7, 11) is 0. The van der Waals surface area contributed by atoms with E-state index in [0.29, 0.717) is 18.5 Å². The number of hydrogen-bond acceptors (Lipinski definition) is 3. The number of rotatable bonds is 4. The molecule has 100 valence electrons. The third kappa shape index (κ3) is 3.22. The molecular formula is C14H21BrN2S. The zero-order valence-electron chi connectivity index (χ0n) is 11.0. The van der Waals surface area contributed by atoms with E-state index in [1.165, 1.54) is 39.2 Å². The molecule has 1 aliphatic heterocycles. The number of nitrogens with two attached hydrogens (primary N) is 1. The number of thioether (sulfide) groups is 1. The van der Waals surface area contributed by atoms with Gasteiger partial charge in [-0.15, -0.1) is 0 Å². The van der Waals surface area contributed by atoms with Crippen molar-refractivity contribution in [2.75, 3.05) is 23.4 Å². The van der Waals surface area contributed by atoms with Crippen LogP contribution in [0, 0.1) is 19.8 Å². The molecule has 0 aromatic heterocycles. The van der Waals surface area contributed by atoms with Crippen molar-refractivity contribution in [3.63, 3.8) is 0 Å². The number of hydrogen-bond donors (Lipinski definition) is 2. The molecule has 0 spiro atoms. The number of nitrogens with one attached hydrogen (secondary N) is 1. The fraction of sp³-hybridized carbons (Fsp3) is 0.571. The normalized spacial score (nSPS) is 21.0. The van der Waals surface area contributed by atoms with Crippen LogP contribution in [0.1, 0.15) is 17.5 Å². The van der Waals surface area contributed by atoms with E-state index < -0.39 is 0 Å². The van der Waals surface area contributed by atoms with E-state index in [-0.39, 0.29) is 0 Å². The molecule has 2 rings (SSSR count). The summed E-state index contributed by atoms with van der Waals surface area (Å²) in [6.45, 7) is 4.97. The summed E-state index contributed by atoms with van der Waals surface area (Å²) >= 11 is 5.65. The fourth-order valence-electron chi connectivity index (χ4n) is 2.48. The smallest absolute Gasteiger partial charge is 0.0420 e. The highest BCUT2D eigenvalue weighted by Crippen LogP contribution is 2.29. The molecule has 2 unspecified atom stereocenters. The van der Waals surface area contributed by atoms with Crippen molar-refractivity contribution in [3.05, 3.63) is 27.7 Å². The summed E-state index contributed by atoms with van der Waals surface area (Å²) in [5.74, 6) is 3.23. The van der Waals surface area contributed by atoms with Crippen LogP contribution in [0.2, 0.25) is 0 Å². The Morgan fingerprint density at radius 1 is 1.44 bits per heavy atom. The monoisotopic (exact) mass is 328 g/mol. The van der Waals surface area contributed by atoms with E-state index in [1.54, 1.807) is 0 Å². The zero-order valence-corrected chi connectivity index (χ0v) is 13.4. The minimum absolute atomic E-state index is 0.403. The van der Waals surface area contributed by atoms with E-state index in [0.717, 1.165) is 0 Å². The summed E-state index contributed by atoms with van der Waals surface area (Å²) in [5.41, 5.74) is 9.66. The Hall–Kier alpha value is -0.190. The topological polar surface area (TPSA) is 38.0 Å². The largest absolute Gasteiger partial charge is 0.381 e. The minimum Gasteiger partial charge on any atom is -0.381 e. The lowest BCUT2D eigenvalue weighted by molar-refractivity contribution is 0.499. The predicted molar refractivity (Wildman–Crippen MR) is 85.5 cm³/mol. The van der Waals surface area contributed by atoms with Crippen molar-refractivity contribution in [3.8, 4) is 0 Å². The maximum absolute atomic E-state index is 5.93. The van der Waals surface area contributed by atoms with Crippen molar-refractivity contribution in [2.24, 2.45) is 11.7 Å².